The maximum atomic E-state index is 10.4. The van der Waals surface area contributed by atoms with Gasteiger partial charge in [0.2, 0.25) is 11.8 Å². The van der Waals surface area contributed by atoms with Crippen LogP contribution < -0.4 is 11.5 Å². The molecule has 0 aromatic heterocycles. The zero-order valence-electron chi connectivity index (χ0n) is 13.5. The molecule has 2 amide bonds. The number of carbonyl (C=O) groups is 2. The lowest BCUT2D eigenvalue weighted by Crippen LogP contribution is -2.16. The summed E-state index contributed by atoms with van der Waals surface area (Å²) < 4.78 is 26.1. The molecule has 0 heterocycles. The van der Waals surface area contributed by atoms with Crippen molar-refractivity contribution in [3.8, 4) is 0 Å². The minimum Gasteiger partial charge on any atom is -0.379 e. The van der Waals surface area contributed by atoms with Gasteiger partial charge in [-0.15, -0.1) is 0 Å². The molecule has 9 heteroatoms. The number of rotatable bonds is 18. The van der Waals surface area contributed by atoms with E-state index in [2.05, 4.69) is 0 Å². The van der Waals surface area contributed by atoms with E-state index in [1.54, 1.807) is 0 Å². The van der Waals surface area contributed by atoms with Crippen molar-refractivity contribution in [3.63, 3.8) is 0 Å². The van der Waals surface area contributed by atoms with Gasteiger partial charge in [0.25, 0.3) is 0 Å². The number of ether oxygens (including phenoxy) is 5. The molecule has 0 fully saturated rings. The Hall–Kier alpha value is -1.26. The van der Waals surface area contributed by atoms with Gasteiger partial charge in [-0.2, -0.15) is 0 Å². The van der Waals surface area contributed by atoms with Crippen LogP contribution in [-0.2, 0) is 33.3 Å². The molecule has 0 aromatic rings. The number of carbonyl (C=O) groups excluding carboxylic acids is 2. The highest BCUT2D eigenvalue weighted by Crippen LogP contribution is 1.86. The summed E-state index contributed by atoms with van der Waals surface area (Å²) in [6, 6.07) is 0. The third kappa shape index (κ3) is 20.7. The minimum atomic E-state index is -0.376. The van der Waals surface area contributed by atoms with Gasteiger partial charge in [-0.05, 0) is 0 Å². The number of nitrogens with two attached hydrogens (primary N) is 2. The summed E-state index contributed by atoms with van der Waals surface area (Å²) >= 11 is 0. The number of hydrogen-bond donors (Lipinski definition) is 2. The molecule has 136 valence electrons. The highest BCUT2D eigenvalue weighted by Gasteiger charge is 1.96. The lowest BCUT2D eigenvalue weighted by atomic mass is 10.4. The second-order valence-corrected chi connectivity index (χ2v) is 4.49. The Morgan fingerprint density at radius 3 is 0.913 bits per heavy atom. The van der Waals surface area contributed by atoms with Crippen LogP contribution in [0.5, 0.6) is 0 Å². The predicted molar refractivity (Wildman–Crippen MR) is 81.7 cm³/mol. The summed E-state index contributed by atoms with van der Waals surface area (Å²) in [6.07, 6.45) is 0.443. The van der Waals surface area contributed by atoms with Crippen molar-refractivity contribution >= 4 is 11.8 Å². The fourth-order valence-corrected chi connectivity index (χ4v) is 1.33. The Labute approximate surface area is 136 Å². The molecule has 0 saturated carbocycles. The van der Waals surface area contributed by atoms with Crippen LogP contribution in [0, 0.1) is 0 Å². The molecule has 4 N–H and O–H groups in total. The first-order valence-corrected chi connectivity index (χ1v) is 7.58. The van der Waals surface area contributed by atoms with Crippen LogP contribution in [0.3, 0.4) is 0 Å². The molecule has 0 rings (SSSR count). The normalized spacial score (nSPS) is 10.8. The van der Waals surface area contributed by atoms with Gasteiger partial charge in [0.05, 0.1) is 66.1 Å². The summed E-state index contributed by atoms with van der Waals surface area (Å²) in [4.78, 5) is 20.9. The molecule has 0 bridgehead atoms. The Balaban J connectivity index is 3.00. The van der Waals surface area contributed by atoms with E-state index in [0.717, 1.165) is 0 Å². The van der Waals surface area contributed by atoms with Crippen LogP contribution in [0.2, 0.25) is 0 Å². The first kappa shape index (κ1) is 21.7. The fourth-order valence-electron chi connectivity index (χ4n) is 1.33. The summed E-state index contributed by atoms with van der Waals surface area (Å²) in [5.74, 6) is -0.752. The van der Waals surface area contributed by atoms with Gasteiger partial charge in [0, 0.05) is 12.8 Å². The van der Waals surface area contributed by atoms with E-state index in [4.69, 9.17) is 35.2 Å². The number of hydrogen-bond acceptors (Lipinski definition) is 7. The third-order valence-electron chi connectivity index (χ3n) is 2.47. The van der Waals surface area contributed by atoms with Crippen molar-refractivity contribution in [2.45, 2.75) is 12.8 Å². The molecule has 0 radical (unpaired) electrons. The van der Waals surface area contributed by atoms with Crippen LogP contribution in [0.1, 0.15) is 12.8 Å². The predicted octanol–water partition coefficient (Wildman–Crippen LogP) is -1.18. The molecule has 9 nitrogen and oxygen atoms in total. The molecule has 0 atom stereocenters. The van der Waals surface area contributed by atoms with Crippen LogP contribution in [0.4, 0.5) is 0 Å². The molecule has 0 aliphatic heterocycles. The molecular formula is C14H28N2O7. The van der Waals surface area contributed by atoms with E-state index in [1.807, 2.05) is 0 Å². The zero-order chi connectivity index (χ0) is 17.2. The van der Waals surface area contributed by atoms with Gasteiger partial charge in [0.1, 0.15) is 0 Å². The molecule has 0 unspecified atom stereocenters. The van der Waals surface area contributed by atoms with Crippen molar-refractivity contribution < 1.29 is 33.3 Å². The van der Waals surface area contributed by atoms with Gasteiger partial charge in [-0.25, -0.2) is 0 Å². The Kier molecular flexibility index (Phi) is 16.2. The quantitative estimate of drug-likeness (QED) is 0.301. The highest BCUT2D eigenvalue weighted by atomic mass is 16.6. The van der Waals surface area contributed by atoms with Crippen LogP contribution in [-0.4, -0.2) is 77.9 Å². The molecule has 0 saturated heterocycles. The van der Waals surface area contributed by atoms with E-state index in [0.29, 0.717) is 66.1 Å². The molecule has 23 heavy (non-hydrogen) atoms. The van der Waals surface area contributed by atoms with Crippen molar-refractivity contribution in [2.24, 2.45) is 11.5 Å². The van der Waals surface area contributed by atoms with E-state index in [1.165, 1.54) is 0 Å². The summed E-state index contributed by atoms with van der Waals surface area (Å²) in [6.45, 7) is 4.25. The molecular weight excluding hydrogens is 308 g/mol. The van der Waals surface area contributed by atoms with Gasteiger partial charge in [-0.3, -0.25) is 9.59 Å². The maximum Gasteiger partial charge on any atom is 0.219 e. The Morgan fingerprint density at radius 1 is 0.478 bits per heavy atom. The van der Waals surface area contributed by atoms with Gasteiger partial charge in [0.15, 0.2) is 0 Å². The van der Waals surface area contributed by atoms with Gasteiger partial charge in [-0.1, -0.05) is 0 Å². The molecule has 0 aliphatic carbocycles. The SMILES string of the molecule is NC(=O)CCOCCOCCOCCOCCOCCC(N)=O. The van der Waals surface area contributed by atoms with Crippen LogP contribution in [0.15, 0.2) is 0 Å². The van der Waals surface area contributed by atoms with Crippen molar-refractivity contribution in [1.29, 1.82) is 0 Å². The summed E-state index contributed by atoms with van der Waals surface area (Å²) in [5.41, 5.74) is 9.93. The first-order chi connectivity index (χ1) is 11.1. The van der Waals surface area contributed by atoms with E-state index in [9.17, 15) is 9.59 Å². The monoisotopic (exact) mass is 336 g/mol. The average Bonchev–Trinajstić information content (AvgIpc) is 2.49. The van der Waals surface area contributed by atoms with Gasteiger partial charge < -0.3 is 35.2 Å². The first-order valence-electron chi connectivity index (χ1n) is 7.58. The van der Waals surface area contributed by atoms with Crippen molar-refractivity contribution in [2.75, 3.05) is 66.1 Å². The zero-order valence-corrected chi connectivity index (χ0v) is 13.5. The maximum absolute atomic E-state index is 10.4. The van der Waals surface area contributed by atoms with Crippen molar-refractivity contribution in [1.82, 2.24) is 0 Å². The molecule has 0 aliphatic rings. The van der Waals surface area contributed by atoms with Crippen LogP contribution in [0.25, 0.3) is 0 Å². The second-order valence-electron chi connectivity index (χ2n) is 4.49. The lowest BCUT2D eigenvalue weighted by Gasteiger charge is -2.07. The number of primary amides is 2. The largest absolute Gasteiger partial charge is 0.379 e. The summed E-state index contributed by atoms with van der Waals surface area (Å²) in [5, 5.41) is 0. The smallest absolute Gasteiger partial charge is 0.219 e. The van der Waals surface area contributed by atoms with Gasteiger partial charge >= 0.3 is 0 Å². The molecule has 0 aromatic carbocycles. The fraction of sp³-hybridized carbons (Fsp3) is 0.857. The lowest BCUT2D eigenvalue weighted by molar-refractivity contribution is -0.120. The van der Waals surface area contributed by atoms with E-state index >= 15 is 0 Å². The second kappa shape index (κ2) is 17.1. The van der Waals surface area contributed by atoms with E-state index in [-0.39, 0.29) is 24.7 Å². The number of amides is 2. The summed E-state index contributed by atoms with van der Waals surface area (Å²) in [7, 11) is 0. The van der Waals surface area contributed by atoms with Crippen LogP contribution >= 0.6 is 0 Å². The Bertz CT molecular complexity index is 275. The molecule has 0 spiro atoms. The minimum absolute atomic E-state index is 0.222. The Morgan fingerprint density at radius 2 is 0.696 bits per heavy atom. The average molecular weight is 336 g/mol. The third-order valence-corrected chi connectivity index (χ3v) is 2.47. The van der Waals surface area contributed by atoms with E-state index < -0.39 is 0 Å². The van der Waals surface area contributed by atoms with Crippen molar-refractivity contribution in [3.05, 3.63) is 0 Å². The highest BCUT2D eigenvalue weighted by molar-refractivity contribution is 5.74. The topological polar surface area (TPSA) is 132 Å². The standard InChI is InChI=1S/C14H28N2O7/c15-13(17)1-3-19-5-7-21-9-11-23-12-10-22-8-6-20-4-2-14(16)18/h1-12H2,(H2,15,17)(H2,16,18).